The first kappa shape index (κ1) is 9.80. The predicted molar refractivity (Wildman–Crippen MR) is 50.1 cm³/mol. The van der Waals surface area contributed by atoms with Gasteiger partial charge in [-0.15, -0.1) is 11.6 Å². The van der Waals surface area contributed by atoms with E-state index in [9.17, 15) is 4.39 Å². The molecule has 0 saturated heterocycles. The Hall–Kier alpha value is -1.29. The van der Waals surface area contributed by atoms with Crippen LogP contribution in [0, 0.1) is 5.82 Å². The zero-order valence-corrected chi connectivity index (χ0v) is 7.42. The molecule has 0 radical (unpaired) electrons. The molecule has 0 aliphatic rings. The quantitative estimate of drug-likeness (QED) is 0.436. The molecule has 70 valence electrons. The Bertz CT molecular complexity index is 341. The number of halogens is 2. The lowest BCUT2D eigenvalue weighted by Crippen LogP contribution is -2.12. The molecule has 3 nitrogen and oxygen atoms in total. The van der Waals surface area contributed by atoms with Crippen molar-refractivity contribution in [1.29, 1.82) is 0 Å². The van der Waals surface area contributed by atoms with E-state index in [1.807, 2.05) is 0 Å². The summed E-state index contributed by atoms with van der Waals surface area (Å²) in [4.78, 5) is 3.79. The average molecular weight is 203 g/mol. The highest BCUT2D eigenvalue weighted by molar-refractivity contribution is 6.28. The van der Waals surface area contributed by atoms with Crippen molar-refractivity contribution in [3.63, 3.8) is 0 Å². The minimum atomic E-state index is -0.733. The molecule has 0 atom stereocenters. The van der Waals surface area contributed by atoms with E-state index in [1.165, 1.54) is 12.1 Å². The van der Waals surface area contributed by atoms with Gasteiger partial charge in [0.15, 0.2) is 11.6 Å². The minimum Gasteiger partial charge on any atom is -0.505 e. The molecule has 1 aromatic rings. The van der Waals surface area contributed by atoms with Gasteiger partial charge in [0.1, 0.15) is 5.84 Å². The first-order valence-electron chi connectivity index (χ1n) is 3.51. The van der Waals surface area contributed by atoms with Crippen LogP contribution >= 0.6 is 11.6 Å². The van der Waals surface area contributed by atoms with Crippen LogP contribution in [0.4, 0.5) is 10.1 Å². The van der Waals surface area contributed by atoms with Crippen LogP contribution in [0.1, 0.15) is 0 Å². The molecular weight excluding hydrogens is 195 g/mol. The Kier molecular flexibility index (Phi) is 3.08. The summed E-state index contributed by atoms with van der Waals surface area (Å²) < 4.78 is 12.7. The number of amidine groups is 1. The lowest BCUT2D eigenvalue weighted by Gasteiger charge is -1.98. The van der Waals surface area contributed by atoms with Crippen molar-refractivity contribution >= 4 is 23.1 Å². The van der Waals surface area contributed by atoms with Crippen molar-refractivity contribution in [2.75, 3.05) is 5.88 Å². The molecule has 0 aliphatic carbocycles. The third kappa shape index (κ3) is 2.59. The molecule has 1 rings (SSSR count). The average Bonchev–Trinajstić information content (AvgIpc) is 2.11. The van der Waals surface area contributed by atoms with Gasteiger partial charge in [0.05, 0.1) is 11.6 Å². The van der Waals surface area contributed by atoms with Gasteiger partial charge in [-0.2, -0.15) is 0 Å². The number of hydrogen-bond acceptors (Lipinski definition) is 2. The summed E-state index contributed by atoms with van der Waals surface area (Å²) in [6, 6.07) is 3.72. The number of hydrogen-bond donors (Lipinski definition) is 2. The lowest BCUT2D eigenvalue weighted by molar-refractivity contribution is 0.432. The van der Waals surface area contributed by atoms with Gasteiger partial charge in [-0.25, -0.2) is 9.38 Å². The van der Waals surface area contributed by atoms with E-state index in [-0.39, 0.29) is 11.7 Å². The third-order valence-corrected chi connectivity index (χ3v) is 1.61. The number of alkyl halides is 1. The number of phenols is 1. The fourth-order valence-electron chi connectivity index (χ4n) is 0.761. The molecule has 1 aromatic carbocycles. The molecule has 0 heterocycles. The maximum atomic E-state index is 12.7. The van der Waals surface area contributed by atoms with Gasteiger partial charge in [-0.05, 0) is 12.1 Å². The maximum Gasteiger partial charge on any atom is 0.166 e. The van der Waals surface area contributed by atoms with E-state index in [2.05, 4.69) is 4.99 Å². The van der Waals surface area contributed by atoms with E-state index in [0.717, 1.165) is 6.07 Å². The van der Waals surface area contributed by atoms with Gasteiger partial charge < -0.3 is 10.8 Å². The number of phenolic OH excluding ortho intramolecular Hbond substituents is 1. The first-order valence-corrected chi connectivity index (χ1v) is 4.04. The van der Waals surface area contributed by atoms with Gasteiger partial charge >= 0.3 is 0 Å². The number of aliphatic imine (C=N–C) groups is 1. The number of aromatic hydroxyl groups is 1. The second-order valence-corrected chi connectivity index (χ2v) is 2.64. The fraction of sp³-hybridized carbons (Fsp3) is 0.125. The fourth-order valence-corrected chi connectivity index (χ4v) is 0.821. The van der Waals surface area contributed by atoms with E-state index >= 15 is 0 Å². The molecule has 3 N–H and O–H groups in total. The first-order chi connectivity index (χ1) is 6.13. The summed E-state index contributed by atoms with van der Waals surface area (Å²) in [7, 11) is 0. The molecule has 5 heteroatoms. The van der Waals surface area contributed by atoms with Crippen LogP contribution in [-0.4, -0.2) is 16.8 Å². The van der Waals surface area contributed by atoms with Gasteiger partial charge in [-0.3, -0.25) is 0 Å². The van der Waals surface area contributed by atoms with Crippen LogP contribution < -0.4 is 5.73 Å². The number of nitrogens with zero attached hydrogens (tertiary/aromatic N) is 1. The van der Waals surface area contributed by atoms with Gasteiger partial charge in [0.25, 0.3) is 0 Å². The summed E-state index contributed by atoms with van der Waals surface area (Å²) >= 11 is 5.37. The second-order valence-electron chi connectivity index (χ2n) is 2.37. The standard InChI is InChI=1S/C8H8ClFN2O/c9-4-8(11)12-5-1-2-7(13)6(10)3-5/h1-3,13H,4H2,(H2,11,12). The Morgan fingerprint density at radius 2 is 2.31 bits per heavy atom. The monoisotopic (exact) mass is 202 g/mol. The molecule has 0 aromatic heterocycles. The highest BCUT2D eigenvalue weighted by Gasteiger charge is 2.00. The van der Waals surface area contributed by atoms with Crippen LogP contribution in [0.2, 0.25) is 0 Å². The molecule has 0 unspecified atom stereocenters. The summed E-state index contributed by atoms with van der Waals surface area (Å²) in [5, 5.41) is 8.85. The molecule has 0 aliphatic heterocycles. The smallest absolute Gasteiger partial charge is 0.166 e. The Morgan fingerprint density at radius 3 is 2.85 bits per heavy atom. The summed E-state index contributed by atoms with van der Waals surface area (Å²) in [5.74, 6) is -0.860. The van der Waals surface area contributed by atoms with Crippen molar-refractivity contribution in [3.8, 4) is 5.75 Å². The van der Waals surface area contributed by atoms with E-state index in [0.29, 0.717) is 5.69 Å². The molecular formula is C8H8ClFN2O. The van der Waals surface area contributed by atoms with Crippen molar-refractivity contribution < 1.29 is 9.50 Å². The second kappa shape index (κ2) is 4.09. The van der Waals surface area contributed by atoms with Crippen molar-refractivity contribution in [2.45, 2.75) is 0 Å². The van der Waals surface area contributed by atoms with Crippen LogP contribution in [0.5, 0.6) is 5.75 Å². The van der Waals surface area contributed by atoms with Crippen LogP contribution in [-0.2, 0) is 0 Å². The number of nitrogens with two attached hydrogens (primary N) is 1. The van der Waals surface area contributed by atoms with Crippen molar-refractivity contribution in [2.24, 2.45) is 10.7 Å². The van der Waals surface area contributed by atoms with E-state index < -0.39 is 11.6 Å². The van der Waals surface area contributed by atoms with E-state index in [4.69, 9.17) is 22.4 Å². The van der Waals surface area contributed by atoms with Crippen LogP contribution in [0.15, 0.2) is 23.2 Å². The van der Waals surface area contributed by atoms with E-state index in [1.54, 1.807) is 0 Å². The van der Waals surface area contributed by atoms with Crippen molar-refractivity contribution in [3.05, 3.63) is 24.0 Å². The van der Waals surface area contributed by atoms with Gasteiger partial charge in [-0.1, -0.05) is 0 Å². The van der Waals surface area contributed by atoms with Gasteiger partial charge in [0.2, 0.25) is 0 Å². The number of rotatable bonds is 2. The Morgan fingerprint density at radius 1 is 1.62 bits per heavy atom. The summed E-state index contributed by atoms with van der Waals surface area (Å²) in [5.41, 5.74) is 5.65. The van der Waals surface area contributed by atoms with Crippen LogP contribution in [0.3, 0.4) is 0 Å². The SMILES string of the molecule is NC(CCl)=Nc1ccc(O)c(F)c1. The maximum absolute atomic E-state index is 12.7. The highest BCUT2D eigenvalue weighted by atomic mass is 35.5. The van der Waals surface area contributed by atoms with Gasteiger partial charge in [0, 0.05) is 6.07 Å². The topological polar surface area (TPSA) is 58.6 Å². The zero-order valence-electron chi connectivity index (χ0n) is 6.67. The van der Waals surface area contributed by atoms with Crippen LogP contribution in [0.25, 0.3) is 0 Å². The Labute approximate surface area is 79.7 Å². The van der Waals surface area contributed by atoms with Crippen molar-refractivity contribution in [1.82, 2.24) is 0 Å². The lowest BCUT2D eigenvalue weighted by atomic mass is 10.3. The zero-order chi connectivity index (χ0) is 9.84. The molecule has 0 spiro atoms. The molecule has 0 amide bonds. The highest BCUT2D eigenvalue weighted by Crippen LogP contribution is 2.21. The number of benzene rings is 1. The normalized spacial score (nSPS) is 11.7. The third-order valence-electron chi connectivity index (χ3n) is 1.34. The summed E-state index contributed by atoms with van der Waals surface area (Å²) in [6.07, 6.45) is 0. The molecule has 0 fully saturated rings. The molecule has 13 heavy (non-hydrogen) atoms. The summed E-state index contributed by atoms with van der Waals surface area (Å²) in [6.45, 7) is 0. The minimum absolute atomic E-state index is 0.0858. The molecule has 0 saturated carbocycles. The Balaban J connectivity index is 2.98. The largest absolute Gasteiger partial charge is 0.505 e. The predicted octanol–water partition coefficient (Wildman–Crippen LogP) is 1.76. The molecule has 0 bridgehead atoms.